The Balaban J connectivity index is 2.82. The Morgan fingerprint density at radius 3 is 2.54 bits per heavy atom. The van der Waals surface area contributed by atoms with Gasteiger partial charge in [-0.3, -0.25) is 0 Å². The highest BCUT2D eigenvalue weighted by Gasteiger charge is 2.22. The fraction of sp³-hybridized carbons (Fsp3) is 0.526. The van der Waals surface area contributed by atoms with E-state index in [1.807, 2.05) is 6.92 Å². The summed E-state index contributed by atoms with van der Waals surface area (Å²) in [5, 5.41) is 10.9. The average Bonchev–Trinajstić information content (AvgIpc) is 2.56. The quantitative estimate of drug-likeness (QED) is 0.334. The number of nitrogens with one attached hydrogen (secondary N) is 2. The van der Waals surface area contributed by atoms with E-state index in [1.54, 1.807) is 39.0 Å². The summed E-state index contributed by atoms with van der Waals surface area (Å²) in [6.45, 7) is 7.70. The van der Waals surface area contributed by atoms with E-state index in [2.05, 4.69) is 15.8 Å². The summed E-state index contributed by atoms with van der Waals surface area (Å²) in [7, 11) is 1.45. The second kappa shape index (κ2) is 11.4. The first-order valence-corrected chi connectivity index (χ1v) is 10.1. The van der Waals surface area contributed by atoms with Gasteiger partial charge >= 0.3 is 6.09 Å². The molecular weight excluding hydrogens is 421 g/mol. The third kappa shape index (κ3) is 8.63. The molecule has 1 aromatic carbocycles. The van der Waals surface area contributed by atoms with Gasteiger partial charge in [-0.25, -0.2) is 4.79 Å². The second-order valence-electron chi connectivity index (χ2n) is 7.05. The molecule has 9 heteroatoms. The first-order valence-electron chi connectivity index (χ1n) is 8.90. The molecule has 0 spiro atoms. The lowest BCUT2D eigenvalue weighted by molar-refractivity contribution is 0.0516. The van der Waals surface area contributed by atoms with Crippen LogP contribution in [0.15, 0.2) is 23.4 Å². The van der Waals surface area contributed by atoms with E-state index < -0.39 is 11.7 Å². The molecule has 0 aliphatic heterocycles. The van der Waals surface area contributed by atoms with E-state index in [0.717, 1.165) is 6.42 Å². The maximum absolute atomic E-state index is 12.1. The number of ether oxygens (including phenoxy) is 1. The minimum absolute atomic E-state index is 0.268. The highest BCUT2D eigenvalue weighted by Crippen LogP contribution is 2.21. The van der Waals surface area contributed by atoms with Gasteiger partial charge in [0.25, 0.3) is 0 Å². The van der Waals surface area contributed by atoms with Crippen LogP contribution in [-0.4, -0.2) is 42.1 Å². The molecule has 0 saturated heterocycles. The molecular formula is C19H27Cl2N3O3S. The Morgan fingerprint density at radius 1 is 1.32 bits per heavy atom. The molecule has 1 amide bonds. The molecule has 0 aromatic heterocycles. The Kier molecular flexibility index (Phi) is 9.99. The number of hydrogen-bond donors (Lipinski definition) is 2. The summed E-state index contributed by atoms with van der Waals surface area (Å²) in [5.74, 6) is 0. The summed E-state index contributed by atoms with van der Waals surface area (Å²) >= 11 is 17.7. The van der Waals surface area contributed by atoms with E-state index in [0.29, 0.717) is 32.7 Å². The van der Waals surface area contributed by atoms with Crippen molar-refractivity contribution in [3.05, 3.63) is 33.8 Å². The van der Waals surface area contributed by atoms with Crippen LogP contribution in [0, 0.1) is 0 Å². The summed E-state index contributed by atoms with van der Waals surface area (Å²) in [5.41, 5.74) is 0.647. The molecule has 0 aliphatic rings. The maximum Gasteiger partial charge on any atom is 0.408 e. The van der Waals surface area contributed by atoms with E-state index in [-0.39, 0.29) is 12.6 Å². The van der Waals surface area contributed by atoms with Crippen LogP contribution in [0.5, 0.6) is 0 Å². The van der Waals surface area contributed by atoms with Crippen LogP contribution in [0.1, 0.15) is 46.1 Å². The van der Waals surface area contributed by atoms with E-state index in [9.17, 15) is 4.79 Å². The molecule has 0 heterocycles. The largest absolute Gasteiger partial charge is 0.444 e. The van der Waals surface area contributed by atoms with Crippen LogP contribution < -0.4 is 10.6 Å². The monoisotopic (exact) mass is 447 g/mol. The molecule has 1 unspecified atom stereocenters. The molecule has 0 saturated carbocycles. The van der Waals surface area contributed by atoms with Gasteiger partial charge in [0.05, 0.1) is 22.6 Å². The van der Waals surface area contributed by atoms with Gasteiger partial charge in [0.15, 0.2) is 0 Å². The topological polar surface area (TPSA) is 72.0 Å². The van der Waals surface area contributed by atoms with Gasteiger partial charge in [-0.05, 0) is 45.4 Å². The highest BCUT2D eigenvalue weighted by atomic mass is 35.5. The second-order valence-corrected chi connectivity index (χ2v) is 8.33. The van der Waals surface area contributed by atoms with Crippen molar-refractivity contribution in [2.75, 3.05) is 13.7 Å². The van der Waals surface area contributed by atoms with Gasteiger partial charge in [0.1, 0.15) is 18.4 Å². The van der Waals surface area contributed by atoms with Crippen LogP contribution in [0.4, 0.5) is 4.79 Å². The zero-order chi connectivity index (χ0) is 21.3. The summed E-state index contributed by atoms with van der Waals surface area (Å²) in [6, 6.07) is 4.75. The third-order valence-corrected chi connectivity index (χ3v) is 4.44. The number of carbonyl (C=O) groups excluding carboxylic acids is 1. The van der Waals surface area contributed by atoms with Crippen molar-refractivity contribution in [3.63, 3.8) is 0 Å². The van der Waals surface area contributed by atoms with Crippen LogP contribution in [0.3, 0.4) is 0 Å². The number of halogens is 2. The molecule has 6 nitrogen and oxygen atoms in total. The van der Waals surface area contributed by atoms with Crippen molar-refractivity contribution < 1.29 is 14.4 Å². The Bertz CT molecular complexity index is 721. The van der Waals surface area contributed by atoms with Gasteiger partial charge in [0, 0.05) is 10.6 Å². The lowest BCUT2D eigenvalue weighted by atomic mass is 10.1. The number of amides is 1. The summed E-state index contributed by atoms with van der Waals surface area (Å²) < 4.78 is 5.31. The molecule has 1 rings (SSSR count). The predicted octanol–water partition coefficient (Wildman–Crippen LogP) is 4.95. The first-order chi connectivity index (χ1) is 13.1. The molecule has 0 radical (unpaired) electrons. The number of nitrogens with zero attached hydrogens (tertiary/aromatic N) is 1. The molecule has 2 N–H and O–H groups in total. The molecule has 28 heavy (non-hydrogen) atoms. The average molecular weight is 448 g/mol. The van der Waals surface area contributed by atoms with Gasteiger partial charge in [-0.1, -0.05) is 53.9 Å². The van der Waals surface area contributed by atoms with Crippen molar-refractivity contribution in [3.8, 4) is 0 Å². The predicted molar refractivity (Wildman–Crippen MR) is 119 cm³/mol. The zero-order valence-electron chi connectivity index (χ0n) is 16.8. The van der Waals surface area contributed by atoms with Gasteiger partial charge < -0.3 is 20.2 Å². The number of oxime groups is 1. The van der Waals surface area contributed by atoms with E-state index in [1.165, 1.54) is 7.11 Å². The highest BCUT2D eigenvalue weighted by molar-refractivity contribution is 7.80. The van der Waals surface area contributed by atoms with Crippen molar-refractivity contribution >= 4 is 52.2 Å². The van der Waals surface area contributed by atoms with Crippen LogP contribution in [0.25, 0.3) is 0 Å². The van der Waals surface area contributed by atoms with Gasteiger partial charge in [-0.15, -0.1) is 0 Å². The number of benzene rings is 1. The fourth-order valence-corrected chi connectivity index (χ4v) is 3.08. The molecule has 156 valence electrons. The Labute approximate surface area is 181 Å². The standard InChI is InChI=1S/C19H27Cl2N3O3S/c1-6-7-15(23-18(25)27-19(2,3)4)17(28)22-11-16(24-26-5)13-9-8-12(20)10-14(13)21/h8-10,15H,6-7,11H2,1-5H3,(H,22,28)(H,23,25). The SMILES string of the molecule is CCCC(NC(=O)OC(C)(C)C)C(=S)NCC(=NOC)c1ccc(Cl)cc1Cl. The molecule has 1 aromatic rings. The normalized spacial score (nSPS) is 12.9. The molecule has 0 bridgehead atoms. The van der Waals surface area contributed by atoms with Crippen LogP contribution in [0.2, 0.25) is 10.0 Å². The van der Waals surface area contributed by atoms with Crippen LogP contribution in [-0.2, 0) is 9.57 Å². The zero-order valence-corrected chi connectivity index (χ0v) is 19.1. The van der Waals surface area contributed by atoms with Crippen LogP contribution >= 0.6 is 35.4 Å². The lowest BCUT2D eigenvalue weighted by Gasteiger charge is -2.24. The first kappa shape index (κ1) is 24.5. The minimum Gasteiger partial charge on any atom is -0.444 e. The minimum atomic E-state index is -0.584. The lowest BCUT2D eigenvalue weighted by Crippen LogP contribution is -2.48. The smallest absolute Gasteiger partial charge is 0.408 e. The Morgan fingerprint density at radius 2 is 2.00 bits per heavy atom. The number of alkyl carbamates (subject to hydrolysis) is 1. The van der Waals surface area contributed by atoms with Crippen molar-refractivity contribution in [2.45, 2.75) is 52.2 Å². The summed E-state index contributed by atoms with van der Waals surface area (Å²) in [6.07, 6.45) is 0.995. The Hall–Kier alpha value is -1.57. The fourth-order valence-electron chi connectivity index (χ4n) is 2.31. The van der Waals surface area contributed by atoms with Gasteiger partial charge in [-0.2, -0.15) is 0 Å². The third-order valence-electron chi connectivity index (χ3n) is 3.46. The van der Waals surface area contributed by atoms with Gasteiger partial charge in [0.2, 0.25) is 0 Å². The van der Waals surface area contributed by atoms with Crippen molar-refractivity contribution in [2.24, 2.45) is 5.16 Å². The molecule has 0 fully saturated rings. The summed E-state index contributed by atoms with van der Waals surface area (Å²) in [4.78, 5) is 17.5. The number of carbonyl (C=O) groups is 1. The number of rotatable bonds is 8. The van der Waals surface area contributed by atoms with E-state index >= 15 is 0 Å². The van der Waals surface area contributed by atoms with E-state index in [4.69, 9.17) is 45.0 Å². The number of thiocarbonyl (C=S) groups is 1. The molecule has 0 aliphatic carbocycles. The van der Waals surface area contributed by atoms with Crippen molar-refractivity contribution in [1.29, 1.82) is 0 Å². The van der Waals surface area contributed by atoms with Crippen molar-refractivity contribution in [1.82, 2.24) is 10.6 Å². The maximum atomic E-state index is 12.1. The number of hydrogen-bond acceptors (Lipinski definition) is 5. The molecule has 1 atom stereocenters.